The van der Waals surface area contributed by atoms with Crippen LogP contribution in [0.3, 0.4) is 0 Å². The van der Waals surface area contributed by atoms with Crippen LogP contribution in [-0.2, 0) is 10.1 Å². The quantitative estimate of drug-likeness (QED) is 0.528. The van der Waals surface area contributed by atoms with E-state index in [0.717, 1.165) is 11.1 Å². The van der Waals surface area contributed by atoms with Gasteiger partial charge in [-0.3, -0.25) is 9.96 Å². The number of nitrogens with one attached hydrogen (secondary N) is 1. The van der Waals surface area contributed by atoms with E-state index in [1.165, 1.54) is 4.68 Å². The van der Waals surface area contributed by atoms with Crippen LogP contribution >= 0.6 is 11.6 Å². The molecule has 132 valence electrons. The largest absolute Gasteiger partial charge is 0.337 e. The third-order valence-electron chi connectivity index (χ3n) is 3.53. The van der Waals surface area contributed by atoms with E-state index in [0.29, 0.717) is 27.3 Å². The Morgan fingerprint density at radius 3 is 1.92 bits per heavy atom. The Kier molecular flexibility index (Phi) is 6.21. The zero-order valence-electron chi connectivity index (χ0n) is 14.3. The molecular formula is C16H22ClN3O3S. The summed E-state index contributed by atoms with van der Waals surface area (Å²) in [6.07, 6.45) is 0. The molecule has 1 heterocycles. The average Bonchev–Trinajstić information content (AvgIpc) is 2.41. The van der Waals surface area contributed by atoms with Crippen molar-refractivity contribution in [1.82, 2.24) is 4.68 Å². The summed E-state index contributed by atoms with van der Waals surface area (Å²) in [4.78, 5) is 0.0260. The number of halogens is 1. The Hall–Kier alpha value is -1.83. The molecule has 2 aromatic rings. The van der Waals surface area contributed by atoms with E-state index in [2.05, 4.69) is 0 Å². The number of nitrogen functional groups attached to an aromatic ring is 1. The maximum absolute atomic E-state index is 10.9. The number of benzene rings is 1. The van der Waals surface area contributed by atoms with Crippen molar-refractivity contribution >= 4 is 21.7 Å². The number of hydrogen-bond donors (Lipinski definition) is 3. The molecule has 6 nitrogen and oxygen atoms in total. The fourth-order valence-electron chi connectivity index (χ4n) is 2.41. The van der Waals surface area contributed by atoms with E-state index in [4.69, 9.17) is 27.4 Å². The molecule has 0 saturated carbocycles. The highest BCUT2D eigenvalue weighted by Gasteiger charge is 2.15. The Balaban J connectivity index is 0.000000243. The van der Waals surface area contributed by atoms with Crippen LogP contribution in [0.2, 0.25) is 5.02 Å². The van der Waals surface area contributed by atoms with Gasteiger partial charge in [0.05, 0.1) is 15.6 Å². The summed E-state index contributed by atoms with van der Waals surface area (Å²) in [6, 6.07) is 5.20. The van der Waals surface area contributed by atoms with E-state index < -0.39 is 10.1 Å². The minimum Gasteiger partial charge on any atom is -0.337 e. The SMILES string of the molecule is Cc1cc(C)c(S(=O)(=O)O)c(C)c1.Cc1cc(Cl)c(C)n(N)c1=N. The number of hydrogen-bond acceptors (Lipinski definition) is 4. The molecular weight excluding hydrogens is 350 g/mol. The lowest BCUT2D eigenvalue weighted by Gasteiger charge is -2.07. The van der Waals surface area contributed by atoms with Gasteiger partial charge in [-0.2, -0.15) is 8.42 Å². The van der Waals surface area contributed by atoms with E-state index in [1.807, 2.05) is 6.92 Å². The fraction of sp³-hybridized carbons (Fsp3) is 0.312. The monoisotopic (exact) mass is 371 g/mol. The number of nitrogens with two attached hydrogens (primary N) is 1. The predicted octanol–water partition coefficient (Wildman–Crippen LogP) is 2.81. The van der Waals surface area contributed by atoms with Gasteiger partial charge in [0.2, 0.25) is 0 Å². The Labute approximate surface area is 147 Å². The molecule has 0 fully saturated rings. The van der Waals surface area contributed by atoms with Gasteiger partial charge in [-0.1, -0.05) is 29.3 Å². The topological polar surface area (TPSA) is 109 Å². The first-order valence-electron chi connectivity index (χ1n) is 7.10. The lowest BCUT2D eigenvalue weighted by molar-refractivity contribution is 0.482. The second-order valence-corrected chi connectivity index (χ2v) is 7.45. The first-order valence-corrected chi connectivity index (χ1v) is 8.91. The molecule has 0 unspecified atom stereocenters. The minimum absolute atomic E-state index is 0.0260. The van der Waals surface area contributed by atoms with Crippen LogP contribution < -0.4 is 11.3 Å². The van der Waals surface area contributed by atoms with E-state index in [-0.39, 0.29) is 4.90 Å². The zero-order chi connectivity index (χ0) is 18.8. The van der Waals surface area contributed by atoms with Gasteiger partial charge in [0.1, 0.15) is 5.49 Å². The molecule has 0 radical (unpaired) electrons. The van der Waals surface area contributed by atoms with Gasteiger partial charge in [0.15, 0.2) is 0 Å². The molecule has 0 atom stereocenters. The summed E-state index contributed by atoms with van der Waals surface area (Å²) < 4.78 is 32.1. The van der Waals surface area contributed by atoms with Crippen LogP contribution in [-0.4, -0.2) is 17.6 Å². The molecule has 2 rings (SSSR count). The number of rotatable bonds is 1. The van der Waals surface area contributed by atoms with Gasteiger partial charge < -0.3 is 5.84 Å². The maximum atomic E-state index is 10.9. The molecule has 8 heteroatoms. The third kappa shape index (κ3) is 4.59. The standard InChI is InChI=1S/C9H12O3S.C7H10ClN3/c1-6-4-7(2)9(8(3)5-6)13(10,11)12;1-4-3-6(8)5(2)11(10)7(4)9/h4-5H,1-3H3,(H,10,11,12);3,9H,10H2,1-2H3. The summed E-state index contributed by atoms with van der Waals surface area (Å²) in [7, 11) is -4.08. The predicted molar refractivity (Wildman–Crippen MR) is 95.4 cm³/mol. The molecule has 0 spiro atoms. The summed E-state index contributed by atoms with van der Waals surface area (Å²) in [5, 5.41) is 8.06. The van der Waals surface area contributed by atoms with Gasteiger partial charge in [0.25, 0.3) is 10.1 Å². The molecule has 24 heavy (non-hydrogen) atoms. The Bertz CT molecular complexity index is 911. The smallest absolute Gasteiger partial charge is 0.295 e. The summed E-state index contributed by atoms with van der Waals surface area (Å²) in [5.74, 6) is 5.53. The van der Waals surface area contributed by atoms with Gasteiger partial charge in [-0.25, -0.2) is 4.68 Å². The fourth-order valence-corrected chi connectivity index (χ4v) is 3.60. The van der Waals surface area contributed by atoms with Crippen molar-refractivity contribution in [1.29, 1.82) is 5.41 Å². The Morgan fingerprint density at radius 2 is 1.50 bits per heavy atom. The maximum Gasteiger partial charge on any atom is 0.295 e. The lowest BCUT2D eigenvalue weighted by Crippen LogP contribution is -2.30. The Morgan fingerprint density at radius 1 is 1.04 bits per heavy atom. The first-order chi connectivity index (χ1) is 10.9. The van der Waals surface area contributed by atoms with Gasteiger partial charge in [-0.05, 0) is 57.4 Å². The number of nitrogens with zero attached hydrogens (tertiary/aromatic N) is 1. The van der Waals surface area contributed by atoms with Crippen LogP contribution in [0.4, 0.5) is 0 Å². The van der Waals surface area contributed by atoms with Crippen molar-refractivity contribution in [3.05, 3.63) is 56.7 Å². The number of pyridine rings is 1. The zero-order valence-corrected chi connectivity index (χ0v) is 15.9. The van der Waals surface area contributed by atoms with Gasteiger partial charge in [0, 0.05) is 0 Å². The van der Waals surface area contributed by atoms with Crippen LogP contribution in [0.5, 0.6) is 0 Å². The van der Waals surface area contributed by atoms with Gasteiger partial charge in [-0.15, -0.1) is 0 Å². The number of aromatic nitrogens is 1. The summed E-state index contributed by atoms with van der Waals surface area (Å²) in [6.45, 7) is 8.80. The minimum atomic E-state index is -4.08. The van der Waals surface area contributed by atoms with Crippen LogP contribution in [0.15, 0.2) is 23.1 Å². The van der Waals surface area contributed by atoms with Gasteiger partial charge >= 0.3 is 0 Å². The molecule has 0 aliphatic heterocycles. The highest BCUT2D eigenvalue weighted by atomic mass is 35.5. The van der Waals surface area contributed by atoms with Crippen molar-refractivity contribution in [3.63, 3.8) is 0 Å². The van der Waals surface area contributed by atoms with Crippen LogP contribution in [0, 0.1) is 40.0 Å². The second-order valence-electron chi connectivity index (χ2n) is 5.68. The molecule has 0 amide bonds. The van der Waals surface area contributed by atoms with Crippen molar-refractivity contribution < 1.29 is 13.0 Å². The normalized spacial score (nSPS) is 11.0. The molecule has 0 aliphatic rings. The third-order valence-corrected chi connectivity index (χ3v) is 5.07. The van der Waals surface area contributed by atoms with E-state index in [1.54, 1.807) is 45.9 Å². The molecule has 4 N–H and O–H groups in total. The van der Waals surface area contributed by atoms with Crippen molar-refractivity contribution in [2.45, 2.75) is 39.5 Å². The van der Waals surface area contributed by atoms with E-state index in [9.17, 15) is 8.42 Å². The van der Waals surface area contributed by atoms with Crippen molar-refractivity contribution in [3.8, 4) is 0 Å². The molecule has 1 aromatic carbocycles. The van der Waals surface area contributed by atoms with Crippen LogP contribution in [0.1, 0.15) is 27.9 Å². The van der Waals surface area contributed by atoms with Crippen molar-refractivity contribution in [2.24, 2.45) is 0 Å². The summed E-state index contributed by atoms with van der Waals surface area (Å²) in [5.41, 5.74) is 3.94. The van der Waals surface area contributed by atoms with Crippen LogP contribution in [0.25, 0.3) is 0 Å². The van der Waals surface area contributed by atoms with E-state index >= 15 is 0 Å². The van der Waals surface area contributed by atoms with Crippen molar-refractivity contribution in [2.75, 3.05) is 5.84 Å². The molecule has 0 bridgehead atoms. The average molecular weight is 372 g/mol. The molecule has 0 saturated heterocycles. The molecule has 1 aromatic heterocycles. The molecule has 0 aliphatic carbocycles. The second kappa shape index (κ2) is 7.38. The lowest BCUT2D eigenvalue weighted by atomic mass is 10.1. The number of aryl methyl sites for hydroxylation is 4. The highest BCUT2D eigenvalue weighted by Crippen LogP contribution is 2.20. The summed E-state index contributed by atoms with van der Waals surface area (Å²) >= 11 is 5.81. The first kappa shape index (κ1) is 20.2. The highest BCUT2D eigenvalue weighted by molar-refractivity contribution is 7.86.